The first-order valence-corrected chi connectivity index (χ1v) is 13.4. The third-order valence-corrected chi connectivity index (χ3v) is 10.3. The van der Waals surface area contributed by atoms with Crippen molar-refractivity contribution in [1.82, 2.24) is 10.2 Å². The Hall–Kier alpha value is -2.58. The minimum atomic E-state index is -0.748. The van der Waals surface area contributed by atoms with Crippen molar-refractivity contribution < 1.29 is 19.5 Å². The summed E-state index contributed by atoms with van der Waals surface area (Å²) < 4.78 is -0.666. The number of amides is 3. The molecular weight excluding hydrogens is 462 g/mol. The number of thioether (sulfide) groups is 1. The van der Waals surface area contributed by atoms with Gasteiger partial charge in [-0.05, 0) is 41.7 Å². The van der Waals surface area contributed by atoms with Crippen molar-refractivity contribution in [3.8, 4) is 0 Å². The highest BCUT2D eigenvalue weighted by Gasteiger charge is 2.74. The van der Waals surface area contributed by atoms with Gasteiger partial charge >= 0.3 is 0 Å². The van der Waals surface area contributed by atoms with Crippen LogP contribution >= 0.6 is 11.8 Å². The van der Waals surface area contributed by atoms with Crippen LogP contribution in [0.5, 0.6) is 0 Å². The zero-order valence-electron chi connectivity index (χ0n) is 20.4. The molecule has 7 nitrogen and oxygen atoms in total. The Balaban J connectivity index is 1.55. The van der Waals surface area contributed by atoms with Gasteiger partial charge in [-0.25, -0.2) is 0 Å². The van der Waals surface area contributed by atoms with Crippen LogP contribution in [-0.2, 0) is 14.4 Å². The minimum Gasteiger partial charge on any atom is -0.394 e. The minimum absolute atomic E-state index is 0.01000. The first-order chi connectivity index (χ1) is 16.9. The van der Waals surface area contributed by atoms with Gasteiger partial charge in [-0.2, -0.15) is 0 Å². The van der Waals surface area contributed by atoms with Crippen LogP contribution in [0.15, 0.2) is 42.5 Å². The molecule has 0 saturated carbocycles. The first kappa shape index (κ1) is 24.1. The van der Waals surface area contributed by atoms with E-state index in [0.29, 0.717) is 12.1 Å². The molecule has 2 bridgehead atoms. The Morgan fingerprint density at radius 3 is 2.63 bits per heavy atom. The van der Waals surface area contributed by atoms with Gasteiger partial charge in [0.1, 0.15) is 6.04 Å². The van der Waals surface area contributed by atoms with Gasteiger partial charge in [0, 0.05) is 18.0 Å². The number of carbonyl (C=O) groups is 3. The fourth-order valence-electron chi connectivity index (χ4n) is 6.51. The van der Waals surface area contributed by atoms with Crippen molar-refractivity contribution in [2.75, 3.05) is 19.0 Å². The fourth-order valence-corrected chi connectivity index (χ4v) is 8.71. The number of carbonyl (C=O) groups excluding carboxylic acids is 3. The van der Waals surface area contributed by atoms with E-state index in [9.17, 15) is 19.5 Å². The normalized spacial score (nSPS) is 30.9. The van der Waals surface area contributed by atoms with E-state index in [1.807, 2.05) is 56.3 Å². The van der Waals surface area contributed by atoms with Crippen molar-refractivity contribution in [2.45, 2.75) is 55.2 Å². The Labute approximate surface area is 210 Å². The molecule has 3 saturated heterocycles. The molecule has 3 N–H and O–H groups in total. The summed E-state index contributed by atoms with van der Waals surface area (Å²) >= 11 is 1.64. The molecule has 3 aliphatic heterocycles. The highest BCUT2D eigenvalue weighted by Crippen LogP contribution is 2.66. The van der Waals surface area contributed by atoms with E-state index >= 15 is 0 Å². The van der Waals surface area contributed by atoms with Crippen LogP contribution < -0.4 is 10.6 Å². The number of likely N-dealkylation sites (tertiary alicyclic amines) is 1. The molecule has 0 aliphatic carbocycles. The topological polar surface area (TPSA) is 98.7 Å². The highest BCUT2D eigenvalue weighted by molar-refractivity contribution is 8.02. The number of hydrogen-bond donors (Lipinski definition) is 3. The molecule has 2 aromatic carbocycles. The van der Waals surface area contributed by atoms with Crippen molar-refractivity contribution in [3.05, 3.63) is 42.5 Å². The maximum atomic E-state index is 14.0. The number of rotatable bonds is 7. The van der Waals surface area contributed by atoms with Gasteiger partial charge in [0.15, 0.2) is 0 Å². The number of aliphatic hydroxyl groups is 1. The SMILES string of the molecule is CC[C@H](C)[C@H](CO)N1C(=O)[C@@H]2[C@@H](C(=O)NC)[C@H]3CCC2(S3)C1C(=O)Nc1ccc2ccccc2c1. The van der Waals surface area contributed by atoms with Crippen LogP contribution in [0.2, 0.25) is 0 Å². The predicted octanol–water partition coefficient (Wildman–Crippen LogP) is 3.02. The third-order valence-electron chi connectivity index (χ3n) is 8.40. The monoisotopic (exact) mass is 495 g/mol. The zero-order chi connectivity index (χ0) is 24.9. The van der Waals surface area contributed by atoms with Crippen molar-refractivity contribution in [2.24, 2.45) is 17.8 Å². The number of aliphatic hydroxyl groups excluding tert-OH is 1. The number of nitrogens with one attached hydrogen (secondary N) is 2. The van der Waals surface area contributed by atoms with E-state index in [-0.39, 0.29) is 35.5 Å². The molecule has 0 aromatic heterocycles. The summed E-state index contributed by atoms with van der Waals surface area (Å²) in [4.78, 5) is 42.5. The van der Waals surface area contributed by atoms with Crippen LogP contribution in [0.25, 0.3) is 10.8 Å². The first-order valence-electron chi connectivity index (χ1n) is 12.5. The number of hydrogen-bond acceptors (Lipinski definition) is 5. The van der Waals surface area contributed by atoms with E-state index < -0.39 is 28.7 Å². The lowest BCUT2D eigenvalue weighted by atomic mass is 9.70. The van der Waals surface area contributed by atoms with Gasteiger partial charge in [-0.3, -0.25) is 14.4 Å². The number of fused-ring (bicyclic) bond motifs is 2. The van der Waals surface area contributed by atoms with Crippen LogP contribution in [-0.4, -0.2) is 63.5 Å². The van der Waals surface area contributed by atoms with Gasteiger partial charge in [0.25, 0.3) is 0 Å². The number of benzene rings is 2. The van der Waals surface area contributed by atoms with Gasteiger partial charge in [-0.15, -0.1) is 11.8 Å². The average Bonchev–Trinajstić information content (AvgIpc) is 3.51. The molecule has 2 unspecified atom stereocenters. The fraction of sp³-hybridized carbons (Fsp3) is 0.519. The smallest absolute Gasteiger partial charge is 0.248 e. The molecule has 3 heterocycles. The molecule has 0 radical (unpaired) electrons. The van der Waals surface area contributed by atoms with E-state index in [4.69, 9.17) is 0 Å². The van der Waals surface area contributed by atoms with Crippen molar-refractivity contribution in [1.29, 1.82) is 0 Å². The molecule has 3 amide bonds. The molecular formula is C27H33N3O4S. The lowest BCUT2D eigenvalue weighted by Crippen LogP contribution is -2.56. The van der Waals surface area contributed by atoms with E-state index in [0.717, 1.165) is 23.6 Å². The molecule has 186 valence electrons. The molecule has 35 heavy (non-hydrogen) atoms. The molecule has 2 aromatic rings. The second kappa shape index (κ2) is 9.13. The maximum Gasteiger partial charge on any atom is 0.248 e. The van der Waals surface area contributed by atoms with Crippen LogP contribution in [0.4, 0.5) is 5.69 Å². The summed E-state index contributed by atoms with van der Waals surface area (Å²) in [5, 5.41) is 18.3. The maximum absolute atomic E-state index is 14.0. The van der Waals surface area contributed by atoms with Crippen LogP contribution in [0.1, 0.15) is 33.1 Å². The quantitative estimate of drug-likeness (QED) is 0.549. The summed E-state index contributed by atoms with van der Waals surface area (Å²) in [5.74, 6) is -1.56. The molecule has 8 heteroatoms. The molecule has 3 aliphatic rings. The van der Waals surface area contributed by atoms with Crippen molar-refractivity contribution in [3.63, 3.8) is 0 Å². The average molecular weight is 496 g/mol. The number of nitrogens with zero attached hydrogens (tertiary/aromatic N) is 1. The largest absolute Gasteiger partial charge is 0.394 e. The highest BCUT2D eigenvalue weighted by atomic mass is 32.2. The Kier molecular flexibility index (Phi) is 6.30. The third kappa shape index (κ3) is 3.64. The Bertz CT molecular complexity index is 1170. The summed E-state index contributed by atoms with van der Waals surface area (Å²) in [5.41, 5.74) is 0.672. The molecule has 3 fully saturated rings. The Morgan fingerprint density at radius 2 is 1.94 bits per heavy atom. The van der Waals surface area contributed by atoms with Gasteiger partial charge in [0.05, 0.1) is 29.2 Å². The lowest BCUT2D eigenvalue weighted by molar-refractivity contribution is -0.143. The van der Waals surface area contributed by atoms with Gasteiger partial charge in [-0.1, -0.05) is 50.6 Å². The van der Waals surface area contributed by atoms with Crippen molar-refractivity contribution >= 4 is 45.9 Å². The standard InChI is InChI=1S/C27H33N3O4S/c1-4-15(2)19(14-31)30-23(25(33)29-18-10-9-16-7-5-6-8-17(16)13-18)27-12-11-20(35-27)21(24(32)28-3)22(27)26(30)34/h5-10,13,15,19-23,31H,4,11-12,14H2,1-3H3,(H,28,32)(H,29,33)/t15-,19-,20+,21-,22-,23?,27?/m0/s1. The Morgan fingerprint density at radius 1 is 1.20 bits per heavy atom. The van der Waals surface area contributed by atoms with Crippen LogP contribution in [0, 0.1) is 17.8 Å². The van der Waals surface area contributed by atoms with Gasteiger partial charge in [0.2, 0.25) is 17.7 Å². The molecule has 1 spiro atoms. The molecule has 7 atom stereocenters. The second-order valence-corrected chi connectivity index (χ2v) is 11.7. The van der Waals surface area contributed by atoms with Gasteiger partial charge < -0.3 is 20.6 Å². The van der Waals surface area contributed by atoms with E-state index in [1.54, 1.807) is 23.7 Å². The summed E-state index contributed by atoms with van der Waals surface area (Å²) in [6.07, 6.45) is 2.27. The lowest BCUT2D eigenvalue weighted by Gasteiger charge is -2.39. The second-order valence-electron chi connectivity index (χ2n) is 10.1. The van der Waals surface area contributed by atoms with Crippen LogP contribution in [0.3, 0.4) is 0 Å². The molecule has 5 rings (SSSR count). The van der Waals surface area contributed by atoms with E-state index in [1.165, 1.54) is 0 Å². The summed E-state index contributed by atoms with van der Waals surface area (Å²) in [6.45, 7) is 3.80. The predicted molar refractivity (Wildman–Crippen MR) is 138 cm³/mol. The summed E-state index contributed by atoms with van der Waals surface area (Å²) in [7, 11) is 1.60. The number of anilines is 1. The summed E-state index contributed by atoms with van der Waals surface area (Å²) in [6, 6.07) is 12.5. The zero-order valence-corrected chi connectivity index (χ0v) is 21.2. The van der Waals surface area contributed by atoms with E-state index in [2.05, 4.69) is 10.6 Å².